The van der Waals surface area contributed by atoms with E-state index in [4.69, 9.17) is 14.0 Å². The number of benzene rings is 3. The van der Waals surface area contributed by atoms with Crippen LogP contribution in [0.2, 0.25) is 0 Å². The van der Waals surface area contributed by atoms with Gasteiger partial charge in [-0.15, -0.1) is 0 Å². The number of nitrogens with zero attached hydrogens (tertiary/aromatic N) is 2. The maximum absolute atomic E-state index is 13.0. The van der Waals surface area contributed by atoms with Gasteiger partial charge in [0.05, 0.1) is 13.7 Å². The molecule has 4 aromatic rings. The second-order valence-electron chi connectivity index (χ2n) is 12.3. The van der Waals surface area contributed by atoms with E-state index in [1.807, 2.05) is 74.5 Å². The van der Waals surface area contributed by atoms with Crippen LogP contribution in [0.15, 0.2) is 77.3 Å². The largest absolute Gasteiger partial charge is 0.494 e. The minimum absolute atomic E-state index is 0.0216. The maximum atomic E-state index is 13.0. The van der Waals surface area contributed by atoms with Crippen LogP contribution >= 0.6 is 0 Å². The molecule has 0 fully saturated rings. The van der Waals surface area contributed by atoms with Gasteiger partial charge in [0.2, 0.25) is 5.82 Å². The third kappa shape index (κ3) is 11.4. The Morgan fingerprint density at radius 3 is 2.06 bits per heavy atom. The Morgan fingerprint density at radius 2 is 1.45 bits per heavy atom. The summed E-state index contributed by atoms with van der Waals surface area (Å²) in [6.07, 6.45) is 7.64. The second kappa shape index (κ2) is 18.6. The van der Waals surface area contributed by atoms with Gasteiger partial charge >= 0.3 is 5.97 Å². The molecule has 0 saturated carbocycles. The van der Waals surface area contributed by atoms with Gasteiger partial charge in [-0.1, -0.05) is 115 Å². The van der Waals surface area contributed by atoms with E-state index in [0.29, 0.717) is 23.9 Å². The van der Waals surface area contributed by atoms with Crippen molar-refractivity contribution in [1.29, 1.82) is 0 Å². The first-order valence-corrected chi connectivity index (χ1v) is 16.8. The van der Waals surface area contributed by atoms with Crippen LogP contribution in [0.4, 0.5) is 0 Å². The Labute approximate surface area is 280 Å². The summed E-state index contributed by atoms with van der Waals surface area (Å²) in [7, 11) is 1.31. The molecule has 0 aliphatic carbocycles. The number of methoxy groups -OCH3 is 1. The smallest absolute Gasteiger partial charge is 0.328 e. The van der Waals surface area contributed by atoms with Gasteiger partial charge in [-0.3, -0.25) is 4.79 Å². The molecule has 4 rings (SSSR count). The molecule has 1 N–H and O–H groups in total. The van der Waals surface area contributed by atoms with Gasteiger partial charge < -0.3 is 19.3 Å². The van der Waals surface area contributed by atoms with E-state index in [1.54, 1.807) is 12.1 Å². The number of unbranched alkanes of at least 4 members (excludes halogenated alkanes) is 5. The van der Waals surface area contributed by atoms with Crippen molar-refractivity contribution in [1.82, 2.24) is 15.5 Å². The summed E-state index contributed by atoms with van der Waals surface area (Å²) in [5.74, 6) is 0.846. The molecule has 0 saturated heterocycles. The molecule has 0 aliphatic rings. The number of esters is 1. The average molecular weight is 642 g/mol. The lowest BCUT2D eigenvalue weighted by molar-refractivity contribution is -0.142. The fraction of sp³-hybridized carbons (Fsp3) is 0.436. The Balaban J connectivity index is 0.00000294. The van der Waals surface area contributed by atoms with Crippen LogP contribution in [0.1, 0.15) is 102 Å². The molecular formula is C39H51N3O5. The van der Waals surface area contributed by atoms with Crippen LogP contribution < -0.4 is 10.1 Å². The van der Waals surface area contributed by atoms with E-state index in [-0.39, 0.29) is 17.7 Å². The SMILES string of the molecule is CC.CCCCCCCCOc1ccc(-c2nc(-c3ccc(CC(NC(=O)c4ccc(C(C)(C)C)cc4)C(=O)OC)cc3)no2)cc1. The number of rotatable bonds is 15. The van der Waals surface area contributed by atoms with Crippen LogP contribution in [0.3, 0.4) is 0 Å². The van der Waals surface area contributed by atoms with E-state index >= 15 is 0 Å². The quantitative estimate of drug-likeness (QED) is 0.102. The predicted molar refractivity (Wildman–Crippen MR) is 188 cm³/mol. The van der Waals surface area contributed by atoms with Gasteiger partial charge in [0.1, 0.15) is 11.8 Å². The van der Waals surface area contributed by atoms with Crippen molar-refractivity contribution in [3.8, 4) is 28.6 Å². The van der Waals surface area contributed by atoms with Crippen LogP contribution in [0, 0.1) is 0 Å². The standard InChI is InChI=1S/C37H45N3O5.C2H6/c1-6-7-8-9-10-11-24-44-31-22-18-29(19-23-31)35-39-33(40-45-35)27-14-12-26(13-15-27)25-32(36(42)43-5)38-34(41)28-16-20-30(21-17-28)37(2,3)4;1-2/h12-23,32H,6-11,24-25H2,1-5H3,(H,38,41);1-2H3. The van der Waals surface area contributed by atoms with Crippen molar-refractivity contribution in [3.05, 3.63) is 89.5 Å². The van der Waals surface area contributed by atoms with E-state index in [1.165, 1.54) is 39.2 Å². The molecule has 1 atom stereocenters. The summed E-state index contributed by atoms with van der Waals surface area (Å²) in [5.41, 5.74) is 4.01. The molecule has 252 valence electrons. The highest BCUT2D eigenvalue weighted by Gasteiger charge is 2.23. The van der Waals surface area contributed by atoms with Crippen molar-refractivity contribution in [2.45, 2.75) is 97.9 Å². The third-order valence-corrected chi connectivity index (χ3v) is 7.75. The van der Waals surface area contributed by atoms with Crippen molar-refractivity contribution in [2.24, 2.45) is 0 Å². The first kappa shape index (κ1) is 37.0. The number of carbonyl (C=O) groups excluding carboxylic acids is 2. The van der Waals surface area contributed by atoms with Crippen molar-refractivity contribution in [2.75, 3.05) is 13.7 Å². The molecule has 0 aliphatic heterocycles. The van der Waals surface area contributed by atoms with Crippen molar-refractivity contribution in [3.63, 3.8) is 0 Å². The fourth-order valence-corrected chi connectivity index (χ4v) is 4.95. The van der Waals surface area contributed by atoms with Gasteiger partial charge in [-0.25, -0.2) is 4.79 Å². The number of hydrogen-bond donors (Lipinski definition) is 1. The highest BCUT2D eigenvalue weighted by Crippen LogP contribution is 2.25. The van der Waals surface area contributed by atoms with E-state index in [0.717, 1.165) is 34.4 Å². The fourth-order valence-electron chi connectivity index (χ4n) is 4.95. The van der Waals surface area contributed by atoms with Crippen LogP contribution in [0.5, 0.6) is 5.75 Å². The molecule has 8 nitrogen and oxygen atoms in total. The van der Waals surface area contributed by atoms with Gasteiger partial charge in [0.25, 0.3) is 11.8 Å². The van der Waals surface area contributed by atoms with Crippen molar-refractivity contribution >= 4 is 11.9 Å². The molecule has 1 unspecified atom stereocenters. The minimum Gasteiger partial charge on any atom is -0.494 e. The summed E-state index contributed by atoms with van der Waals surface area (Å²) in [6, 6.07) is 21.7. The molecule has 47 heavy (non-hydrogen) atoms. The van der Waals surface area contributed by atoms with Crippen LogP contribution in [-0.2, 0) is 21.4 Å². The van der Waals surface area contributed by atoms with E-state index < -0.39 is 12.0 Å². The molecule has 1 heterocycles. The number of aromatic nitrogens is 2. The molecule has 8 heteroatoms. The summed E-state index contributed by atoms with van der Waals surface area (Å²) in [4.78, 5) is 30.1. The lowest BCUT2D eigenvalue weighted by atomic mass is 9.86. The van der Waals surface area contributed by atoms with Crippen LogP contribution in [0.25, 0.3) is 22.8 Å². The summed E-state index contributed by atoms with van der Waals surface area (Å²) in [6.45, 7) is 13.3. The third-order valence-electron chi connectivity index (χ3n) is 7.75. The maximum Gasteiger partial charge on any atom is 0.328 e. The number of hydrogen-bond acceptors (Lipinski definition) is 7. The average Bonchev–Trinajstić information content (AvgIpc) is 3.59. The van der Waals surface area contributed by atoms with Gasteiger partial charge in [0, 0.05) is 23.1 Å². The second-order valence-corrected chi connectivity index (χ2v) is 12.3. The zero-order valence-electron chi connectivity index (χ0n) is 29.1. The number of nitrogens with one attached hydrogen (secondary N) is 1. The minimum atomic E-state index is -0.842. The summed E-state index contributed by atoms with van der Waals surface area (Å²) in [5, 5.41) is 6.98. The summed E-state index contributed by atoms with van der Waals surface area (Å²) < 4.78 is 16.4. The summed E-state index contributed by atoms with van der Waals surface area (Å²) >= 11 is 0. The first-order valence-electron chi connectivity index (χ1n) is 16.8. The highest BCUT2D eigenvalue weighted by atomic mass is 16.5. The Morgan fingerprint density at radius 1 is 0.830 bits per heavy atom. The molecule has 3 aromatic carbocycles. The zero-order valence-corrected chi connectivity index (χ0v) is 29.1. The monoisotopic (exact) mass is 641 g/mol. The van der Waals surface area contributed by atoms with E-state index in [9.17, 15) is 9.59 Å². The molecule has 0 spiro atoms. The Kier molecular flexibility index (Phi) is 14.7. The topological polar surface area (TPSA) is 104 Å². The number of ether oxygens (including phenoxy) is 2. The predicted octanol–water partition coefficient (Wildman–Crippen LogP) is 8.98. The molecule has 1 amide bonds. The van der Waals surface area contributed by atoms with Crippen molar-refractivity contribution < 1.29 is 23.6 Å². The van der Waals surface area contributed by atoms with Gasteiger partial charge in [-0.2, -0.15) is 4.98 Å². The highest BCUT2D eigenvalue weighted by molar-refractivity contribution is 5.96. The van der Waals surface area contributed by atoms with E-state index in [2.05, 4.69) is 43.2 Å². The lowest BCUT2D eigenvalue weighted by Gasteiger charge is -2.20. The van der Waals surface area contributed by atoms with Gasteiger partial charge in [0.15, 0.2) is 0 Å². The Hall–Kier alpha value is -4.46. The molecular weight excluding hydrogens is 590 g/mol. The first-order chi connectivity index (χ1) is 22.7. The molecule has 0 bridgehead atoms. The number of carbonyl (C=O) groups is 2. The molecule has 0 radical (unpaired) electrons. The normalized spacial score (nSPS) is 11.6. The van der Waals surface area contributed by atoms with Crippen LogP contribution in [-0.4, -0.2) is 41.8 Å². The molecule has 1 aromatic heterocycles. The van der Waals surface area contributed by atoms with Gasteiger partial charge in [-0.05, 0) is 59.4 Å². The number of amides is 1. The Bertz CT molecular complexity index is 1500. The lowest BCUT2D eigenvalue weighted by Crippen LogP contribution is -2.43. The zero-order chi connectivity index (χ0) is 34.2.